The SMILES string of the molecule is CCC/C=C(/CCCC)n1ccnc1. The van der Waals surface area contributed by atoms with E-state index in [2.05, 4.69) is 29.5 Å². The van der Waals surface area contributed by atoms with Crippen molar-refractivity contribution in [1.29, 1.82) is 0 Å². The molecule has 0 atom stereocenters. The van der Waals surface area contributed by atoms with Crippen molar-refractivity contribution < 1.29 is 0 Å². The second-order valence-corrected chi connectivity index (χ2v) is 3.56. The van der Waals surface area contributed by atoms with Crippen LogP contribution in [0, 0.1) is 0 Å². The highest BCUT2D eigenvalue weighted by molar-refractivity contribution is 5.44. The zero-order valence-electron chi connectivity index (χ0n) is 9.24. The molecular formula is C12H20N2. The van der Waals surface area contributed by atoms with Crippen LogP contribution in [-0.2, 0) is 0 Å². The van der Waals surface area contributed by atoms with E-state index in [0.29, 0.717) is 0 Å². The van der Waals surface area contributed by atoms with Crippen LogP contribution in [0.3, 0.4) is 0 Å². The summed E-state index contributed by atoms with van der Waals surface area (Å²) in [4.78, 5) is 4.08. The van der Waals surface area contributed by atoms with Crippen LogP contribution in [0.1, 0.15) is 46.0 Å². The summed E-state index contributed by atoms with van der Waals surface area (Å²) < 4.78 is 2.13. The van der Waals surface area contributed by atoms with Gasteiger partial charge in [0.15, 0.2) is 0 Å². The van der Waals surface area contributed by atoms with E-state index in [1.54, 1.807) is 0 Å². The first-order chi connectivity index (χ1) is 6.88. The molecule has 0 bridgehead atoms. The molecule has 0 saturated carbocycles. The van der Waals surface area contributed by atoms with E-state index < -0.39 is 0 Å². The molecule has 0 unspecified atom stereocenters. The topological polar surface area (TPSA) is 17.8 Å². The van der Waals surface area contributed by atoms with E-state index in [4.69, 9.17) is 0 Å². The maximum absolute atomic E-state index is 4.08. The van der Waals surface area contributed by atoms with Gasteiger partial charge in [0.2, 0.25) is 0 Å². The molecule has 1 aromatic rings. The first-order valence-electron chi connectivity index (χ1n) is 5.55. The van der Waals surface area contributed by atoms with Gasteiger partial charge in [-0.15, -0.1) is 0 Å². The lowest BCUT2D eigenvalue weighted by atomic mass is 10.1. The molecule has 1 heterocycles. The van der Waals surface area contributed by atoms with Gasteiger partial charge >= 0.3 is 0 Å². The molecule has 0 aliphatic rings. The number of rotatable bonds is 6. The Kier molecular flexibility index (Phi) is 5.05. The number of hydrogen-bond donors (Lipinski definition) is 0. The van der Waals surface area contributed by atoms with Crippen molar-refractivity contribution in [3.8, 4) is 0 Å². The highest BCUT2D eigenvalue weighted by atomic mass is 15.0. The quantitative estimate of drug-likeness (QED) is 0.671. The van der Waals surface area contributed by atoms with Gasteiger partial charge in [-0.3, -0.25) is 0 Å². The fraction of sp³-hybridized carbons (Fsp3) is 0.583. The third-order valence-corrected chi connectivity index (χ3v) is 2.29. The zero-order chi connectivity index (χ0) is 10.2. The maximum atomic E-state index is 4.08. The van der Waals surface area contributed by atoms with Crippen molar-refractivity contribution in [3.63, 3.8) is 0 Å². The molecule has 2 nitrogen and oxygen atoms in total. The van der Waals surface area contributed by atoms with Gasteiger partial charge < -0.3 is 4.57 Å². The van der Waals surface area contributed by atoms with Crippen LogP contribution in [0.2, 0.25) is 0 Å². The first kappa shape index (κ1) is 11.0. The lowest BCUT2D eigenvalue weighted by Gasteiger charge is -2.07. The molecule has 1 rings (SSSR count). The van der Waals surface area contributed by atoms with E-state index in [-0.39, 0.29) is 0 Å². The van der Waals surface area contributed by atoms with Crippen LogP contribution in [0.4, 0.5) is 0 Å². The molecule has 0 N–H and O–H groups in total. The normalized spacial score (nSPS) is 12.0. The van der Waals surface area contributed by atoms with Crippen LogP contribution in [0.15, 0.2) is 24.8 Å². The Morgan fingerprint density at radius 1 is 1.36 bits per heavy atom. The molecule has 2 heteroatoms. The average Bonchev–Trinajstić information content (AvgIpc) is 2.71. The number of imidazole rings is 1. The largest absolute Gasteiger partial charge is 0.310 e. The summed E-state index contributed by atoms with van der Waals surface area (Å²) in [7, 11) is 0. The summed E-state index contributed by atoms with van der Waals surface area (Å²) in [5.41, 5.74) is 1.39. The third-order valence-electron chi connectivity index (χ3n) is 2.29. The molecule has 1 aromatic heterocycles. The number of allylic oxidation sites excluding steroid dienone is 2. The van der Waals surface area contributed by atoms with Crippen LogP contribution in [0.5, 0.6) is 0 Å². The Bertz CT molecular complexity index is 260. The molecular weight excluding hydrogens is 172 g/mol. The highest BCUT2D eigenvalue weighted by Crippen LogP contribution is 2.14. The minimum absolute atomic E-state index is 1.16. The Morgan fingerprint density at radius 2 is 2.21 bits per heavy atom. The summed E-state index contributed by atoms with van der Waals surface area (Å²) >= 11 is 0. The van der Waals surface area contributed by atoms with Gasteiger partial charge in [0.1, 0.15) is 0 Å². The average molecular weight is 192 g/mol. The van der Waals surface area contributed by atoms with Crippen molar-refractivity contribution in [2.45, 2.75) is 46.0 Å². The van der Waals surface area contributed by atoms with Crippen molar-refractivity contribution in [1.82, 2.24) is 9.55 Å². The van der Waals surface area contributed by atoms with Gasteiger partial charge in [-0.25, -0.2) is 4.98 Å². The molecule has 0 spiro atoms. The van der Waals surface area contributed by atoms with Crippen LogP contribution in [0.25, 0.3) is 5.70 Å². The zero-order valence-corrected chi connectivity index (χ0v) is 9.24. The van der Waals surface area contributed by atoms with Gasteiger partial charge in [-0.05, 0) is 19.3 Å². The van der Waals surface area contributed by atoms with Crippen LogP contribution < -0.4 is 0 Å². The van der Waals surface area contributed by atoms with E-state index in [0.717, 1.165) is 12.8 Å². The molecule has 0 amide bonds. The smallest absolute Gasteiger partial charge is 0.0989 e. The van der Waals surface area contributed by atoms with Crippen LogP contribution >= 0.6 is 0 Å². The van der Waals surface area contributed by atoms with Gasteiger partial charge in [-0.1, -0.05) is 32.8 Å². The van der Waals surface area contributed by atoms with Crippen molar-refractivity contribution in [2.24, 2.45) is 0 Å². The lowest BCUT2D eigenvalue weighted by Crippen LogP contribution is -1.94. The number of aromatic nitrogens is 2. The fourth-order valence-corrected chi connectivity index (χ4v) is 1.43. The van der Waals surface area contributed by atoms with E-state index in [1.807, 2.05) is 18.7 Å². The third kappa shape index (κ3) is 3.36. The van der Waals surface area contributed by atoms with Gasteiger partial charge in [0, 0.05) is 18.1 Å². The summed E-state index contributed by atoms with van der Waals surface area (Å²) in [6, 6.07) is 0. The number of hydrogen-bond acceptors (Lipinski definition) is 1. The van der Waals surface area contributed by atoms with Gasteiger partial charge in [-0.2, -0.15) is 0 Å². The van der Waals surface area contributed by atoms with Crippen molar-refractivity contribution in [3.05, 3.63) is 24.8 Å². The lowest BCUT2D eigenvalue weighted by molar-refractivity contribution is 0.791. The predicted octanol–water partition coefficient (Wildman–Crippen LogP) is 3.71. The molecule has 0 saturated heterocycles. The Morgan fingerprint density at radius 3 is 2.79 bits per heavy atom. The summed E-state index contributed by atoms with van der Waals surface area (Å²) in [5, 5.41) is 0. The Labute approximate surface area is 86.7 Å². The molecule has 14 heavy (non-hydrogen) atoms. The maximum Gasteiger partial charge on any atom is 0.0989 e. The second kappa shape index (κ2) is 6.41. The fourth-order valence-electron chi connectivity index (χ4n) is 1.43. The molecule has 0 fully saturated rings. The molecule has 78 valence electrons. The van der Waals surface area contributed by atoms with E-state index in [1.165, 1.54) is 25.0 Å². The molecule has 0 aromatic carbocycles. The van der Waals surface area contributed by atoms with Crippen molar-refractivity contribution >= 4 is 5.70 Å². The summed E-state index contributed by atoms with van der Waals surface area (Å²) in [5.74, 6) is 0. The highest BCUT2D eigenvalue weighted by Gasteiger charge is 1.98. The molecule has 0 radical (unpaired) electrons. The molecule has 0 aliphatic carbocycles. The monoisotopic (exact) mass is 192 g/mol. The van der Waals surface area contributed by atoms with E-state index >= 15 is 0 Å². The Hall–Kier alpha value is -1.05. The van der Waals surface area contributed by atoms with Gasteiger partial charge in [0.25, 0.3) is 0 Å². The minimum Gasteiger partial charge on any atom is -0.310 e. The molecule has 0 aliphatic heterocycles. The summed E-state index contributed by atoms with van der Waals surface area (Å²) in [6.07, 6.45) is 14.1. The van der Waals surface area contributed by atoms with E-state index in [9.17, 15) is 0 Å². The standard InChI is InChI=1S/C12H20N2/c1-3-5-7-12(8-6-4-2)14-10-9-13-11-14/h7,9-11H,3-6,8H2,1-2H3/b12-7-. The first-order valence-corrected chi connectivity index (χ1v) is 5.55. The predicted molar refractivity (Wildman–Crippen MR) is 60.9 cm³/mol. The minimum atomic E-state index is 1.16. The van der Waals surface area contributed by atoms with Crippen LogP contribution in [-0.4, -0.2) is 9.55 Å². The number of unbranched alkanes of at least 4 members (excludes halogenated alkanes) is 2. The van der Waals surface area contributed by atoms with Gasteiger partial charge in [0.05, 0.1) is 6.33 Å². The van der Waals surface area contributed by atoms with Crippen molar-refractivity contribution in [2.75, 3.05) is 0 Å². The Balaban J connectivity index is 2.62. The second-order valence-electron chi connectivity index (χ2n) is 3.56. The summed E-state index contributed by atoms with van der Waals surface area (Å²) in [6.45, 7) is 4.44. The number of nitrogens with zero attached hydrogens (tertiary/aromatic N) is 2.